The van der Waals surface area contributed by atoms with Gasteiger partial charge in [-0.05, 0) is 68.0 Å². The van der Waals surface area contributed by atoms with Gasteiger partial charge in [0, 0.05) is 6.04 Å². The van der Waals surface area contributed by atoms with Crippen molar-refractivity contribution in [1.29, 1.82) is 0 Å². The molecule has 3 heteroatoms. The fraction of sp³-hybridized carbons (Fsp3) is 0.429. The fourth-order valence-electron chi connectivity index (χ4n) is 3.68. The summed E-state index contributed by atoms with van der Waals surface area (Å²) in [4.78, 5) is 2.42. The predicted molar refractivity (Wildman–Crippen MR) is 97.1 cm³/mol. The number of hydrogen-bond acceptors (Lipinski definition) is 3. The highest BCUT2D eigenvalue weighted by Gasteiger charge is 2.25. The van der Waals surface area contributed by atoms with Crippen LogP contribution in [-0.2, 0) is 12.8 Å². The molecule has 0 radical (unpaired) electrons. The second-order valence-electron chi connectivity index (χ2n) is 6.88. The molecule has 128 valence electrons. The van der Waals surface area contributed by atoms with Gasteiger partial charge in [0.1, 0.15) is 5.75 Å². The van der Waals surface area contributed by atoms with Gasteiger partial charge in [-0.2, -0.15) is 0 Å². The summed E-state index contributed by atoms with van der Waals surface area (Å²) in [5.74, 6) is 1.04. The van der Waals surface area contributed by atoms with Crippen molar-refractivity contribution in [3.63, 3.8) is 0 Å². The van der Waals surface area contributed by atoms with E-state index in [1.807, 2.05) is 12.1 Å². The Labute approximate surface area is 144 Å². The van der Waals surface area contributed by atoms with Crippen LogP contribution in [0.5, 0.6) is 5.75 Å². The maximum absolute atomic E-state index is 9.80. The van der Waals surface area contributed by atoms with E-state index in [4.69, 9.17) is 0 Å². The van der Waals surface area contributed by atoms with Gasteiger partial charge in [0.2, 0.25) is 0 Å². The van der Waals surface area contributed by atoms with Gasteiger partial charge in [-0.25, -0.2) is 0 Å². The van der Waals surface area contributed by atoms with E-state index in [1.165, 1.54) is 24.0 Å². The Kier molecular flexibility index (Phi) is 5.89. The molecule has 0 spiro atoms. The van der Waals surface area contributed by atoms with Crippen molar-refractivity contribution in [2.24, 2.45) is 5.92 Å². The number of rotatable bonds is 6. The van der Waals surface area contributed by atoms with Crippen molar-refractivity contribution in [2.45, 2.75) is 31.7 Å². The molecule has 0 saturated carbocycles. The second kappa shape index (κ2) is 8.32. The molecule has 1 aliphatic heterocycles. The quantitative estimate of drug-likeness (QED) is 0.857. The van der Waals surface area contributed by atoms with E-state index in [0.29, 0.717) is 5.75 Å². The number of aromatic hydroxyl groups is 1. The second-order valence-corrected chi connectivity index (χ2v) is 6.88. The Bertz CT molecular complexity index is 603. The SMILES string of the molecule is OCC(Cc1ccc(O)cc1)N1CCC(Cc2ccccc2)CC1. The van der Waals surface area contributed by atoms with E-state index in [1.54, 1.807) is 12.1 Å². The summed E-state index contributed by atoms with van der Waals surface area (Å²) in [6.45, 7) is 2.30. The first-order chi connectivity index (χ1) is 11.7. The number of phenols is 1. The number of aliphatic hydroxyl groups excluding tert-OH is 1. The Morgan fingerprint density at radius 2 is 1.58 bits per heavy atom. The first-order valence-electron chi connectivity index (χ1n) is 8.91. The smallest absolute Gasteiger partial charge is 0.115 e. The van der Waals surface area contributed by atoms with Gasteiger partial charge in [0.15, 0.2) is 0 Å². The minimum atomic E-state index is 0.173. The summed E-state index contributed by atoms with van der Waals surface area (Å²) in [5, 5.41) is 19.2. The largest absolute Gasteiger partial charge is 0.508 e. The molecule has 3 rings (SSSR count). The molecule has 0 aromatic heterocycles. The van der Waals surface area contributed by atoms with E-state index in [2.05, 4.69) is 35.2 Å². The highest BCUT2D eigenvalue weighted by atomic mass is 16.3. The number of hydrogen-bond donors (Lipinski definition) is 2. The lowest BCUT2D eigenvalue weighted by molar-refractivity contribution is 0.0865. The average Bonchev–Trinajstić information content (AvgIpc) is 2.63. The first-order valence-corrected chi connectivity index (χ1v) is 8.91. The van der Waals surface area contributed by atoms with E-state index in [-0.39, 0.29) is 12.6 Å². The lowest BCUT2D eigenvalue weighted by atomic mass is 9.89. The van der Waals surface area contributed by atoms with Crippen LogP contribution in [0, 0.1) is 5.92 Å². The molecule has 1 fully saturated rings. The molecular formula is C21H27NO2. The van der Waals surface area contributed by atoms with Crippen LogP contribution in [0.3, 0.4) is 0 Å². The molecule has 0 bridgehead atoms. The molecule has 3 nitrogen and oxygen atoms in total. The Morgan fingerprint density at radius 3 is 2.21 bits per heavy atom. The Hall–Kier alpha value is -1.84. The topological polar surface area (TPSA) is 43.7 Å². The van der Waals surface area contributed by atoms with Crippen LogP contribution in [0.15, 0.2) is 54.6 Å². The van der Waals surface area contributed by atoms with Crippen molar-refractivity contribution in [3.8, 4) is 5.75 Å². The van der Waals surface area contributed by atoms with E-state index in [9.17, 15) is 10.2 Å². The number of benzene rings is 2. The minimum Gasteiger partial charge on any atom is -0.508 e. The highest BCUT2D eigenvalue weighted by molar-refractivity contribution is 5.26. The molecule has 1 aliphatic rings. The van der Waals surface area contributed by atoms with Crippen LogP contribution in [0.2, 0.25) is 0 Å². The van der Waals surface area contributed by atoms with E-state index in [0.717, 1.165) is 31.8 Å². The van der Waals surface area contributed by atoms with Gasteiger partial charge in [-0.3, -0.25) is 4.90 Å². The fourth-order valence-corrected chi connectivity index (χ4v) is 3.68. The van der Waals surface area contributed by atoms with Crippen LogP contribution in [-0.4, -0.2) is 40.9 Å². The van der Waals surface area contributed by atoms with Crippen LogP contribution in [0.25, 0.3) is 0 Å². The standard InChI is InChI=1S/C21H27NO2/c23-16-20(15-18-6-8-21(24)9-7-18)22-12-10-19(11-13-22)14-17-4-2-1-3-5-17/h1-9,19-20,23-24H,10-16H2. The molecule has 24 heavy (non-hydrogen) atoms. The Balaban J connectivity index is 1.51. The monoisotopic (exact) mass is 325 g/mol. The van der Waals surface area contributed by atoms with Gasteiger partial charge < -0.3 is 10.2 Å². The molecule has 1 saturated heterocycles. The first kappa shape index (κ1) is 17.0. The van der Waals surface area contributed by atoms with Crippen molar-refractivity contribution < 1.29 is 10.2 Å². The van der Waals surface area contributed by atoms with Crippen molar-refractivity contribution in [3.05, 3.63) is 65.7 Å². The third-order valence-corrected chi connectivity index (χ3v) is 5.15. The van der Waals surface area contributed by atoms with E-state index < -0.39 is 0 Å². The molecular weight excluding hydrogens is 298 g/mol. The number of aliphatic hydroxyl groups is 1. The number of likely N-dealkylation sites (tertiary alicyclic amines) is 1. The molecule has 2 aromatic carbocycles. The van der Waals surface area contributed by atoms with Crippen LogP contribution in [0.4, 0.5) is 0 Å². The van der Waals surface area contributed by atoms with Crippen LogP contribution < -0.4 is 0 Å². The van der Waals surface area contributed by atoms with Gasteiger partial charge in [0.05, 0.1) is 6.61 Å². The van der Waals surface area contributed by atoms with Crippen LogP contribution >= 0.6 is 0 Å². The normalized spacial score (nSPS) is 17.7. The minimum absolute atomic E-state index is 0.173. The summed E-state index contributed by atoms with van der Waals surface area (Å²) in [5.41, 5.74) is 2.59. The summed E-state index contributed by atoms with van der Waals surface area (Å²) in [7, 11) is 0. The third-order valence-electron chi connectivity index (χ3n) is 5.15. The zero-order chi connectivity index (χ0) is 16.8. The lowest BCUT2D eigenvalue weighted by Gasteiger charge is -2.37. The van der Waals surface area contributed by atoms with Gasteiger partial charge in [-0.1, -0.05) is 42.5 Å². The number of nitrogens with zero attached hydrogens (tertiary/aromatic N) is 1. The molecule has 2 aromatic rings. The maximum atomic E-state index is 9.80. The summed E-state index contributed by atoms with van der Waals surface area (Å²) >= 11 is 0. The highest BCUT2D eigenvalue weighted by Crippen LogP contribution is 2.24. The zero-order valence-corrected chi connectivity index (χ0v) is 14.1. The third kappa shape index (κ3) is 4.59. The predicted octanol–water partition coefficient (Wildman–Crippen LogP) is 3.25. The van der Waals surface area contributed by atoms with Crippen molar-refractivity contribution >= 4 is 0 Å². The molecule has 0 aliphatic carbocycles. The number of piperidine rings is 1. The molecule has 1 unspecified atom stereocenters. The Morgan fingerprint density at radius 1 is 0.917 bits per heavy atom. The summed E-state index contributed by atoms with van der Waals surface area (Å²) in [6, 6.07) is 18.2. The van der Waals surface area contributed by atoms with Gasteiger partial charge in [-0.15, -0.1) is 0 Å². The van der Waals surface area contributed by atoms with E-state index >= 15 is 0 Å². The molecule has 0 amide bonds. The zero-order valence-electron chi connectivity index (χ0n) is 14.1. The number of phenolic OH excluding ortho intramolecular Hbond substituents is 1. The summed E-state index contributed by atoms with van der Waals surface area (Å²) < 4.78 is 0. The van der Waals surface area contributed by atoms with Crippen molar-refractivity contribution in [2.75, 3.05) is 19.7 Å². The van der Waals surface area contributed by atoms with Crippen LogP contribution in [0.1, 0.15) is 24.0 Å². The molecule has 1 heterocycles. The van der Waals surface area contributed by atoms with Gasteiger partial charge in [0.25, 0.3) is 0 Å². The summed E-state index contributed by atoms with van der Waals surface area (Å²) in [6.07, 6.45) is 4.39. The lowest BCUT2D eigenvalue weighted by Crippen LogP contribution is -2.44. The molecule has 1 atom stereocenters. The maximum Gasteiger partial charge on any atom is 0.115 e. The molecule has 2 N–H and O–H groups in total. The average molecular weight is 325 g/mol. The van der Waals surface area contributed by atoms with Crippen molar-refractivity contribution in [1.82, 2.24) is 4.90 Å². The van der Waals surface area contributed by atoms with Gasteiger partial charge >= 0.3 is 0 Å².